The molecule has 0 spiro atoms. The molecule has 0 aliphatic carbocycles. The van der Waals surface area contributed by atoms with E-state index in [2.05, 4.69) is 0 Å². The minimum absolute atomic E-state index is 0. The van der Waals surface area contributed by atoms with Crippen LogP contribution in [0.1, 0.15) is 0 Å². The first kappa shape index (κ1) is 50.6. The summed E-state index contributed by atoms with van der Waals surface area (Å²) in [6, 6.07) is 0. The maximum absolute atomic E-state index is 10.4. The Morgan fingerprint density at radius 1 is 0.290 bits per heavy atom. The molecule has 0 fully saturated rings. The first-order valence-corrected chi connectivity index (χ1v) is 30.3. The van der Waals surface area contributed by atoms with Crippen LogP contribution in [0.2, 0.25) is 0 Å². The zero-order chi connectivity index (χ0) is 27.0. The van der Waals surface area contributed by atoms with E-state index in [1.807, 2.05) is 0 Å². The Balaban J connectivity index is -0.0000000443. The molecule has 14 N–H and O–H groups in total. The number of rotatable bonds is 0. The van der Waals surface area contributed by atoms with E-state index < -0.39 is 121 Å². The van der Waals surface area contributed by atoms with Crippen LogP contribution in [0.5, 0.6) is 0 Å². The molecule has 0 heterocycles. The average molecular weight is 1160 g/mol. The summed E-state index contributed by atoms with van der Waals surface area (Å²) >= 11 is -35.1. The third-order valence-electron chi connectivity index (χ3n) is 0. The predicted molar refractivity (Wildman–Crippen MR) is 75.5 cm³/mol. The van der Waals surface area contributed by atoms with E-state index >= 15 is 0 Å². The van der Waals surface area contributed by atoms with Gasteiger partial charge in [-0.2, -0.15) is 0 Å². The SMILES string of the molecule is O.[O]=[Sb]([OH])([OH])[F].[O]=[Sb]([OH])([OH])[F].[O]=[Sb]([OH])([OH])[F].[O]=[Sb]([OH])([OH])[F].[O]=[Sb]([OH])([OH])[F].[O]=[Sb]([OH])([OH])[F]. The van der Waals surface area contributed by atoms with E-state index in [0.29, 0.717) is 0 Å². The molecule has 19 nitrogen and oxygen atoms in total. The zero-order valence-electron chi connectivity index (χ0n) is 13.3. The fourth-order valence-corrected chi connectivity index (χ4v) is 0. The fraction of sp³-hybridized carbons (Fsp3) is 0. The molecule has 0 aromatic heterocycles. The van der Waals surface area contributed by atoms with Crippen molar-refractivity contribution in [1.82, 2.24) is 0 Å². The van der Waals surface area contributed by atoms with Crippen molar-refractivity contribution < 1.29 is 81.1 Å². The van der Waals surface area contributed by atoms with Crippen LogP contribution in [0, 0.1) is 0 Å². The molecule has 0 aromatic rings. The third-order valence-corrected chi connectivity index (χ3v) is 0. The van der Waals surface area contributed by atoms with Crippen LogP contribution in [0.4, 0.5) is 16.9 Å². The van der Waals surface area contributed by atoms with Crippen LogP contribution in [0.3, 0.4) is 0 Å². The Bertz CT molecular complexity index is 474. The Hall–Kier alpha value is 2.77. The second kappa shape index (κ2) is 22.0. The second-order valence-electron chi connectivity index (χ2n) is 2.84. The van der Waals surface area contributed by atoms with Crippen molar-refractivity contribution in [2.24, 2.45) is 0 Å². The molecule has 31 heteroatoms. The molecular formula is H14F6O19Sb6. The van der Waals surface area contributed by atoms with Gasteiger partial charge in [0, 0.05) is 0 Å². The van der Waals surface area contributed by atoms with E-state index in [9.17, 15) is 16.9 Å². The molecule has 200 valence electrons. The van der Waals surface area contributed by atoms with Gasteiger partial charge in [0.25, 0.3) is 0 Å². The van der Waals surface area contributed by atoms with Crippen molar-refractivity contribution in [3.05, 3.63) is 0 Å². The summed E-state index contributed by atoms with van der Waals surface area (Å²) in [4.78, 5) is 0. The predicted octanol–water partition coefficient (Wildman–Crippen LogP) is -7.99. The van der Waals surface area contributed by atoms with Gasteiger partial charge < -0.3 is 5.48 Å². The molecule has 0 aromatic carbocycles. The van der Waals surface area contributed by atoms with Crippen LogP contribution >= 0.6 is 0 Å². The Morgan fingerprint density at radius 2 is 0.290 bits per heavy atom. The molecule has 31 heavy (non-hydrogen) atoms. The third kappa shape index (κ3) is 4050. The summed E-state index contributed by atoms with van der Waals surface area (Å²) in [7, 11) is 0. The molecule has 0 aliphatic heterocycles. The van der Waals surface area contributed by atoms with Crippen LogP contribution < -0.4 is 0 Å². The normalized spacial score (nSPS) is 11.4. The molecule has 0 amide bonds. The topological polar surface area (TPSA) is 377 Å². The molecule has 0 radical (unpaired) electrons. The second-order valence-corrected chi connectivity index (χ2v) is 19.0. The van der Waals surface area contributed by atoms with Crippen molar-refractivity contribution in [2.45, 2.75) is 0 Å². The van der Waals surface area contributed by atoms with E-state index in [4.69, 9.17) is 58.7 Å². The number of halogens is 6. The van der Waals surface area contributed by atoms with Gasteiger partial charge in [0.15, 0.2) is 0 Å². The quantitative estimate of drug-likeness (QED) is 0.0792. The van der Waals surface area contributed by atoms with Gasteiger partial charge in [-0.05, 0) is 0 Å². The molecular weight excluding hydrogens is 1150 g/mol. The van der Waals surface area contributed by atoms with E-state index in [0.717, 1.165) is 0 Å². The number of hydrogen-bond donors (Lipinski definition) is 12. The van der Waals surface area contributed by atoms with Crippen molar-refractivity contribution in [3.63, 3.8) is 0 Å². The first-order valence-electron chi connectivity index (χ1n) is 4.51. The molecule has 0 rings (SSSR count). The van der Waals surface area contributed by atoms with Gasteiger partial charge >= 0.3 is 197 Å². The van der Waals surface area contributed by atoms with Gasteiger partial charge in [0.2, 0.25) is 0 Å². The van der Waals surface area contributed by atoms with Crippen LogP contribution in [0.25, 0.3) is 0 Å². The van der Waals surface area contributed by atoms with Gasteiger partial charge in [-0.15, -0.1) is 0 Å². The van der Waals surface area contributed by atoms with E-state index in [1.54, 1.807) is 0 Å². The molecule has 0 bridgehead atoms. The Labute approximate surface area is 199 Å². The van der Waals surface area contributed by atoms with Crippen LogP contribution in [-0.4, -0.2) is 167 Å². The monoisotopic (exact) mass is 1160 g/mol. The van der Waals surface area contributed by atoms with Crippen LogP contribution in [0.15, 0.2) is 0 Å². The summed E-state index contributed by atoms with van der Waals surface area (Å²) < 4.78 is 200. The number of hydrogen-bond acceptors (Lipinski definition) is 6. The van der Waals surface area contributed by atoms with Gasteiger partial charge in [-0.25, -0.2) is 0 Å². The van der Waals surface area contributed by atoms with E-state index in [1.165, 1.54) is 0 Å². The zero-order valence-corrected chi connectivity index (χ0v) is 28.6. The van der Waals surface area contributed by atoms with Crippen molar-refractivity contribution in [3.8, 4) is 0 Å². The maximum atomic E-state index is 10.4. The molecule has 0 aliphatic rings. The van der Waals surface area contributed by atoms with Gasteiger partial charge in [0.1, 0.15) is 0 Å². The summed E-state index contributed by atoms with van der Waals surface area (Å²) in [5, 5.41) is 0. The summed E-state index contributed by atoms with van der Waals surface area (Å²) in [5.41, 5.74) is 0. The fourth-order valence-electron chi connectivity index (χ4n) is 0. The molecule has 0 unspecified atom stereocenters. The van der Waals surface area contributed by atoms with Crippen molar-refractivity contribution in [2.75, 3.05) is 0 Å². The van der Waals surface area contributed by atoms with Crippen molar-refractivity contribution in [1.29, 1.82) is 0 Å². The van der Waals surface area contributed by atoms with Gasteiger partial charge in [-0.1, -0.05) is 0 Å². The molecule has 0 atom stereocenters. The standard InChI is InChI=1S/6FH.13H2O.6O.6Sb/h6*1H;13*1H2;;;;;;;;;;;;/q;;;;;;;;;;;;;;;;;;;;;;;;;6*+3/p-18. The molecule has 0 saturated carbocycles. The van der Waals surface area contributed by atoms with Gasteiger partial charge in [0.05, 0.1) is 0 Å². The van der Waals surface area contributed by atoms with E-state index in [-0.39, 0.29) is 5.48 Å². The summed E-state index contributed by atoms with van der Waals surface area (Å²) in [6.45, 7) is 0. The first-order chi connectivity index (χ1) is 12.0. The van der Waals surface area contributed by atoms with Crippen LogP contribution in [-0.2, 0) is 18.1 Å². The average Bonchev–Trinajstić information content (AvgIpc) is 1.94. The van der Waals surface area contributed by atoms with Crippen molar-refractivity contribution >= 4 is 121 Å². The Kier molecular flexibility index (Phi) is 35.9. The van der Waals surface area contributed by atoms with Gasteiger partial charge in [-0.3, -0.25) is 0 Å². The summed E-state index contributed by atoms with van der Waals surface area (Å²) in [5.74, 6) is 0. The Morgan fingerprint density at radius 3 is 0.290 bits per heavy atom. The minimum atomic E-state index is -5.85. The molecule has 0 saturated heterocycles. The summed E-state index contributed by atoms with van der Waals surface area (Å²) in [6.07, 6.45) is 0.